The molecule has 1 amide bonds. The third-order valence-electron chi connectivity index (χ3n) is 15.2. The van der Waals surface area contributed by atoms with Crippen LogP contribution in [0.4, 0.5) is 22.7 Å². The van der Waals surface area contributed by atoms with Crippen LogP contribution in [-0.4, -0.2) is 60.0 Å². The lowest BCUT2D eigenvalue weighted by Crippen LogP contribution is -2.47. The van der Waals surface area contributed by atoms with E-state index >= 15 is 0 Å². The number of carbonyl (C=O) groups excluding carboxylic acids is 1. The maximum absolute atomic E-state index is 13.1. The van der Waals surface area contributed by atoms with Crippen LogP contribution in [0.3, 0.4) is 0 Å². The van der Waals surface area contributed by atoms with Gasteiger partial charge in [-0.2, -0.15) is 15.3 Å². The molecule has 4 fully saturated rings. The lowest BCUT2D eigenvalue weighted by Gasteiger charge is -2.56. The van der Waals surface area contributed by atoms with Gasteiger partial charge in [0.2, 0.25) is 5.91 Å². The van der Waals surface area contributed by atoms with Crippen LogP contribution in [0.25, 0.3) is 60.5 Å². The molecule has 15 rings (SSSR count). The Morgan fingerprint density at radius 1 is 0.562 bits per heavy atom. The van der Waals surface area contributed by atoms with E-state index in [0.29, 0.717) is 56.5 Å². The minimum absolute atomic E-state index is 0.0774. The van der Waals surface area contributed by atoms with Crippen LogP contribution in [0, 0.1) is 43.4 Å². The molecule has 0 unspecified atom stereocenters. The third-order valence-corrected chi connectivity index (χ3v) is 15.2. The average Bonchev–Trinajstić information content (AvgIpc) is 4.33. The maximum atomic E-state index is 13.1. The van der Waals surface area contributed by atoms with Gasteiger partial charge in [-0.25, -0.2) is 4.79 Å². The number of non-ortho nitro benzene ring substituents is 2. The Kier molecular flexibility index (Phi) is 13.8. The lowest BCUT2D eigenvalue weighted by atomic mass is 9.49. The Bertz CT molecular complexity index is 4360. The van der Waals surface area contributed by atoms with Crippen molar-refractivity contribution in [1.82, 2.24) is 44.3 Å². The summed E-state index contributed by atoms with van der Waals surface area (Å²) in [4.78, 5) is 82.2. The predicted molar refractivity (Wildman–Crippen MR) is 299 cm³/mol. The largest absolute Gasteiger partial charge is 0.431 e. The molecule has 4 aliphatic carbocycles. The average molecular weight is 1080 g/mol. The SMILES string of the molecule is Nc1cccc2c(=O)n(-c3ccn[nH]3)ccc12.O=C(CC12CC3CC(CC(C3)C1)C2)Nc1cccc2c(=O)n(-c3ccn[nH]3)ccc12.O=c1c2cccc([N+](=O)[O-])c2ccn1-c1ccn[nH]1.O=c1occc2c([N+](=O)[O-])cccc12. The summed E-state index contributed by atoms with van der Waals surface area (Å²) in [5.41, 5.74) is 6.06. The number of nitrogens with one attached hydrogen (secondary N) is 4. The highest BCUT2D eigenvalue weighted by atomic mass is 16.6. The van der Waals surface area contributed by atoms with Crippen molar-refractivity contribution in [3.05, 3.63) is 220 Å². The summed E-state index contributed by atoms with van der Waals surface area (Å²) in [5, 5.41) is 48.3. The Morgan fingerprint density at radius 2 is 0.988 bits per heavy atom. The predicted octanol–water partition coefficient (Wildman–Crippen LogP) is 8.88. The van der Waals surface area contributed by atoms with Crippen molar-refractivity contribution in [3.63, 3.8) is 0 Å². The van der Waals surface area contributed by atoms with Crippen LogP contribution >= 0.6 is 0 Å². The summed E-state index contributed by atoms with van der Waals surface area (Å²) in [6.45, 7) is 0. The van der Waals surface area contributed by atoms with Gasteiger partial charge >= 0.3 is 5.63 Å². The Hall–Kier alpha value is -10.6. The van der Waals surface area contributed by atoms with Crippen molar-refractivity contribution < 1.29 is 19.1 Å². The molecule has 4 aliphatic rings. The number of nitrogen functional groups attached to an aromatic ring is 1. The van der Waals surface area contributed by atoms with E-state index < -0.39 is 15.5 Å². The minimum Gasteiger partial charge on any atom is -0.431 e. The number of nitro groups is 2. The number of pyridine rings is 3. The number of fused-ring (bicyclic) bond motifs is 4. The molecule has 0 saturated heterocycles. The summed E-state index contributed by atoms with van der Waals surface area (Å²) in [5.74, 6) is 4.37. The second kappa shape index (κ2) is 21.4. The zero-order chi connectivity index (χ0) is 55.7. The molecular weight excluding hydrogens is 1030 g/mol. The molecule has 0 spiro atoms. The summed E-state index contributed by atoms with van der Waals surface area (Å²) < 4.78 is 9.00. The number of anilines is 2. The number of hydrogen-bond acceptors (Lipinski definition) is 14. The molecule has 6 N–H and O–H groups in total. The number of benzene rings is 4. The quantitative estimate of drug-likeness (QED) is 0.0539. The summed E-state index contributed by atoms with van der Waals surface area (Å²) in [6.07, 6.45) is 19.2. The molecule has 402 valence electrons. The summed E-state index contributed by atoms with van der Waals surface area (Å²) in [6, 6.07) is 31.4. The zero-order valence-corrected chi connectivity index (χ0v) is 42.4. The Morgan fingerprint density at radius 3 is 1.48 bits per heavy atom. The highest BCUT2D eigenvalue weighted by Crippen LogP contribution is 2.61. The molecule has 7 aromatic heterocycles. The van der Waals surface area contributed by atoms with E-state index in [2.05, 4.69) is 40.3 Å². The van der Waals surface area contributed by atoms with Crippen molar-refractivity contribution >= 4 is 71.7 Å². The number of nitro benzene ring substituents is 2. The number of hydrogen-bond donors (Lipinski definition) is 5. The van der Waals surface area contributed by atoms with Crippen molar-refractivity contribution in [1.29, 1.82) is 0 Å². The van der Waals surface area contributed by atoms with Gasteiger partial charge < -0.3 is 15.5 Å². The van der Waals surface area contributed by atoms with E-state index in [1.165, 1.54) is 101 Å². The first-order valence-corrected chi connectivity index (χ1v) is 25.5. The fourth-order valence-electron chi connectivity index (χ4n) is 12.2. The molecule has 4 bridgehead atoms. The van der Waals surface area contributed by atoms with Gasteiger partial charge in [-0.05, 0) is 122 Å². The van der Waals surface area contributed by atoms with Crippen molar-refractivity contribution in [2.75, 3.05) is 11.1 Å². The number of carbonyl (C=O) groups is 1. The summed E-state index contributed by atoms with van der Waals surface area (Å²) >= 11 is 0. The first-order valence-electron chi connectivity index (χ1n) is 25.5. The zero-order valence-electron chi connectivity index (χ0n) is 42.4. The molecule has 23 heteroatoms. The monoisotopic (exact) mass is 1080 g/mol. The number of nitrogens with two attached hydrogens (primary N) is 1. The van der Waals surface area contributed by atoms with Crippen LogP contribution < -0.4 is 33.4 Å². The van der Waals surface area contributed by atoms with E-state index in [1.807, 2.05) is 24.3 Å². The Labute approximate surface area is 450 Å². The van der Waals surface area contributed by atoms with Gasteiger partial charge in [-0.15, -0.1) is 0 Å². The molecular formula is C57H49N13O10. The first kappa shape index (κ1) is 51.5. The molecule has 0 radical (unpaired) electrons. The van der Waals surface area contributed by atoms with E-state index in [0.717, 1.165) is 40.5 Å². The summed E-state index contributed by atoms with van der Waals surface area (Å²) in [7, 11) is 0. The fourth-order valence-corrected chi connectivity index (χ4v) is 12.2. The van der Waals surface area contributed by atoms with Crippen LogP contribution in [0.5, 0.6) is 0 Å². The van der Waals surface area contributed by atoms with E-state index in [4.69, 9.17) is 5.73 Å². The highest BCUT2D eigenvalue weighted by molar-refractivity contribution is 6.02. The normalized spacial score (nSPS) is 17.7. The standard InChI is InChI=1S/C24H26N4O2.C12H8N4O3.C12H10N4O.C9H5NO4/c29-22(14-24-11-15-8-16(12-24)10-17(9-15)13-24)26-20-3-1-2-19-18(20)5-7-28(23(19)30)21-4-6-25-27-21;17-12-9-2-1-3-10(16(18)19)8(9)5-7-15(12)11-4-6-13-14-11;13-10-3-1-2-9-8(10)5-7-16(12(9)17)11-4-6-14-15-11;11-9-7-2-1-3-8(10(12)13)6(7)4-5-14-9/h1-7,15-17H,8-14H2,(H,25,27)(H,26,29);1-7H,(H,13,14);1-7H,13H2,(H,14,15);1-5H. The van der Waals surface area contributed by atoms with Crippen molar-refractivity contribution in [3.8, 4) is 17.5 Å². The smallest absolute Gasteiger partial charge is 0.343 e. The number of nitrogens with zero attached hydrogens (tertiary/aromatic N) is 8. The second-order valence-electron chi connectivity index (χ2n) is 20.2. The lowest BCUT2D eigenvalue weighted by molar-refractivity contribution is -0.383. The van der Waals surface area contributed by atoms with Crippen LogP contribution in [0.2, 0.25) is 0 Å². The molecule has 0 aliphatic heterocycles. The Balaban J connectivity index is 0.000000118. The second-order valence-corrected chi connectivity index (χ2v) is 20.2. The minimum atomic E-state index is -0.564. The maximum Gasteiger partial charge on any atom is 0.343 e. The number of aromatic nitrogens is 9. The topological polar surface area (TPSA) is 324 Å². The molecule has 4 saturated carbocycles. The van der Waals surface area contributed by atoms with Gasteiger partial charge in [0.05, 0.1) is 56.2 Å². The number of amides is 1. The third kappa shape index (κ3) is 10.1. The molecule has 80 heavy (non-hydrogen) atoms. The van der Waals surface area contributed by atoms with Gasteiger partial charge in [0.25, 0.3) is 28.1 Å². The number of rotatable bonds is 8. The molecule has 0 atom stereocenters. The van der Waals surface area contributed by atoms with Gasteiger partial charge in [0.1, 0.15) is 17.5 Å². The number of aromatic amines is 3. The first-order chi connectivity index (χ1) is 38.7. The molecule has 23 nitrogen and oxygen atoms in total. The van der Waals surface area contributed by atoms with Gasteiger partial charge in [-0.1, -0.05) is 24.3 Å². The van der Waals surface area contributed by atoms with Crippen LogP contribution in [0.15, 0.2) is 182 Å². The number of H-pyrrole nitrogens is 3. The molecule has 7 heterocycles. The fraction of sp³-hybridized carbons (Fsp3) is 0.193. The van der Waals surface area contributed by atoms with Gasteiger partial charge in [0, 0.05) is 88.3 Å². The van der Waals surface area contributed by atoms with Crippen LogP contribution in [0.1, 0.15) is 44.9 Å². The van der Waals surface area contributed by atoms with E-state index in [1.54, 1.807) is 79.4 Å². The molecule has 4 aromatic carbocycles. The highest BCUT2D eigenvalue weighted by Gasteiger charge is 2.51. The van der Waals surface area contributed by atoms with Crippen molar-refractivity contribution in [2.24, 2.45) is 23.2 Å². The van der Waals surface area contributed by atoms with Gasteiger partial charge in [-0.3, -0.25) is 68.4 Å². The van der Waals surface area contributed by atoms with Gasteiger partial charge in [0.15, 0.2) is 0 Å². The van der Waals surface area contributed by atoms with Crippen LogP contribution in [-0.2, 0) is 4.79 Å². The molecule has 11 aromatic rings. The van der Waals surface area contributed by atoms with E-state index in [-0.39, 0.29) is 44.8 Å². The van der Waals surface area contributed by atoms with Crippen molar-refractivity contribution in [2.45, 2.75) is 44.9 Å². The van der Waals surface area contributed by atoms with E-state index in [9.17, 15) is 44.2 Å².